The third-order valence-corrected chi connectivity index (χ3v) is 4.51. The van der Waals surface area contributed by atoms with Crippen molar-refractivity contribution in [2.75, 3.05) is 31.6 Å². The first kappa shape index (κ1) is 18.3. The molecule has 0 fully saturated rings. The quantitative estimate of drug-likeness (QED) is 0.864. The van der Waals surface area contributed by atoms with Crippen LogP contribution in [-0.2, 0) is 4.79 Å². The number of hydrogen-bond donors (Lipinski definition) is 1. The third-order valence-electron chi connectivity index (χ3n) is 4.51. The fourth-order valence-corrected chi connectivity index (χ4v) is 3.01. The monoisotopic (exact) mass is 354 g/mol. The molecule has 1 aliphatic heterocycles. The lowest BCUT2D eigenvalue weighted by Gasteiger charge is -2.30. The molecule has 1 N–H and O–H groups in total. The second-order valence-corrected chi connectivity index (χ2v) is 6.69. The molecular formula is C21H26N2O3. The van der Waals surface area contributed by atoms with Gasteiger partial charge in [0.05, 0.1) is 6.54 Å². The number of ether oxygens (including phenoxy) is 2. The standard InChI is InChI=1S/C21H26N2O3/c1-4-23(12-17-14-25-19-7-5-6-8-20(19)26-17)13-21(24)22-18-11-15(2)9-10-16(18)3/h5-11,17H,4,12-14H2,1-3H3,(H,22,24)/t17-/m1/s1. The van der Waals surface area contributed by atoms with Gasteiger partial charge in [-0.1, -0.05) is 31.2 Å². The third kappa shape index (κ3) is 4.55. The fourth-order valence-electron chi connectivity index (χ4n) is 3.01. The molecule has 3 rings (SSSR count). The van der Waals surface area contributed by atoms with Crippen LogP contribution in [0.2, 0.25) is 0 Å². The highest BCUT2D eigenvalue weighted by atomic mass is 16.6. The Hall–Kier alpha value is -2.53. The SMILES string of the molecule is CCN(CC(=O)Nc1cc(C)ccc1C)C[C@@H]1COc2ccccc2O1. The summed E-state index contributed by atoms with van der Waals surface area (Å²) in [5.74, 6) is 1.52. The van der Waals surface area contributed by atoms with Crippen LogP contribution in [0, 0.1) is 13.8 Å². The maximum absolute atomic E-state index is 12.5. The van der Waals surface area contributed by atoms with Gasteiger partial charge < -0.3 is 14.8 Å². The number of carbonyl (C=O) groups excluding carboxylic acids is 1. The van der Waals surface area contributed by atoms with E-state index in [0.717, 1.165) is 34.9 Å². The summed E-state index contributed by atoms with van der Waals surface area (Å²) in [7, 11) is 0. The topological polar surface area (TPSA) is 50.8 Å². The summed E-state index contributed by atoms with van der Waals surface area (Å²) in [6, 6.07) is 13.7. The molecule has 1 heterocycles. The van der Waals surface area contributed by atoms with Crippen LogP contribution in [-0.4, -0.2) is 43.2 Å². The Labute approximate surface area is 154 Å². The van der Waals surface area contributed by atoms with Gasteiger partial charge in [0, 0.05) is 12.2 Å². The van der Waals surface area contributed by atoms with E-state index in [-0.39, 0.29) is 12.0 Å². The molecule has 0 spiro atoms. The molecule has 2 aromatic rings. The maximum atomic E-state index is 12.5. The van der Waals surface area contributed by atoms with Crippen LogP contribution in [0.5, 0.6) is 11.5 Å². The summed E-state index contributed by atoms with van der Waals surface area (Å²) in [6.07, 6.45) is -0.0849. The van der Waals surface area contributed by atoms with Gasteiger partial charge in [0.2, 0.25) is 5.91 Å². The van der Waals surface area contributed by atoms with E-state index in [1.54, 1.807) is 0 Å². The number of para-hydroxylation sites is 2. The Bertz CT molecular complexity index is 776. The van der Waals surface area contributed by atoms with E-state index in [1.807, 2.05) is 63.2 Å². The number of rotatable bonds is 6. The van der Waals surface area contributed by atoms with Gasteiger partial charge >= 0.3 is 0 Å². The van der Waals surface area contributed by atoms with E-state index in [1.165, 1.54) is 0 Å². The molecule has 0 saturated carbocycles. The average molecular weight is 354 g/mol. The highest BCUT2D eigenvalue weighted by Crippen LogP contribution is 2.31. The Balaban J connectivity index is 1.56. The normalized spacial score (nSPS) is 15.8. The zero-order valence-electron chi connectivity index (χ0n) is 15.6. The molecular weight excluding hydrogens is 328 g/mol. The summed E-state index contributed by atoms with van der Waals surface area (Å²) in [4.78, 5) is 14.5. The number of likely N-dealkylation sites (N-methyl/N-ethyl adjacent to an activating group) is 1. The van der Waals surface area contributed by atoms with Crippen LogP contribution in [0.25, 0.3) is 0 Å². The number of amides is 1. The zero-order valence-corrected chi connectivity index (χ0v) is 15.6. The summed E-state index contributed by atoms with van der Waals surface area (Å²) >= 11 is 0. The lowest BCUT2D eigenvalue weighted by molar-refractivity contribution is -0.117. The van der Waals surface area contributed by atoms with Crippen LogP contribution in [0.4, 0.5) is 5.69 Å². The summed E-state index contributed by atoms with van der Waals surface area (Å²) in [6.45, 7) is 8.29. The van der Waals surface area contributed by atoms with Crippen LogP contribution in [0.3, 0.4) is 0 Å². The molecule has 26 heavy (non-hydrogen) atoms. The van der Waals surface area contributed by atoms with E-state index in [9.17, 15) is 4.79 Å². The number of aryl methyl sites for hydroxylation is 2. The number of benzene rings is 2. The van der Waals surface area contributed by atoms with Gasteiger partial charge in [-0.3, -0.25) is 9.69 Å². The molecule has 138 valence electrons. The van der Waals surface area contributed by atoms with Gasteiger partial charge in [0.15, 0.2) is 11.5 Å². The molecule has 1 aliphatic rings. The van der Waals surface area contributed by atoms with Crippen molar-refractivity contribution in [2.24, 2.45) is 0 Å². The predicted molar refractivity (Wildman–Crippen MR) is 103 cm³/mol. The van der Waals surface area contributed by atoms with E-state index in [2.05, 4.69) is 10.2 Å². The second kappa shape index (κ2) is 8.23. The number of nitrogens with zero attached hydrogens (tertiary/aromatic N) is 1. The number of anilines is 1. The Morgan fingerprint density at radius 1 is 1.19 bits per heavy atom. The van der Waals surface area contributed by atoms with E-state index >= 15 is 0 Å². The Kier molecular flexibility index (Phi) is 5.78. The molecule has 5 heteroatoms. The van der Waals surface area contributed by atoms with Gasteiger partial charge in [0.25, 0.3) is 0 Å². The van der Waals surface area contributed by atoms with E-state index in [4.69, 9.17) is 9.47 Å². The summed E-state index contributed by atoms with van der Waals surface area (Å²) < 4.78 is 11.8. The van der Waals surface area contributed by atoms with Crippen molar-refractivity contribution in [1.82, 2.24) is 4.90 Å². The Morgan fingerprint density at radius 2 is 1.96 bits per heavy atom. The molecule has 0 aliphatic carbocycles. The van der Waals surface area contributed by atoms with Gasteiger partial charge in [-0.25, -0.2) is 0 Å². The van der Waals surface area contributed by atoms with Crippen molar-refractivity contribution in [3.63, 3.8) is 0 Å². The molecule has 0 aromatic heterocycles. The van der Waals surface area contributed by atoms with Crippen molar-refractivity contribution in [3.8, 4) is 11.5 Å². The number of fused-ring (bicyclic) bond motifs is 1. The minimum absolute atomic E-state index is 0.0160. The predicted octanol–water partition coefficient (Wildman–Crippen LogP) is 3.40. The fraction of sp³-hybridized carbons (Fsp3) is 0.381. The van der Waals surface area contributed by atoms with Crippen LogP contribution >= 0.6 is 0 Å². The average Bonchev–Trinajstić information content (AvgIpc) is 2.64. The molecule has 5 nitrogen and oxygen atoms in total. The number of hydrogen-bond acceptors (Lipinski definition) is 4. The molecule has 0 saturated heterocycles. The molecule has 0 radical (unpaired) electrons. The molecule has 1 atom stereocenters. The largest absolute Gasteiger partial charge is 0.486 e. The minimum atomic E-state index is -0.0849. The van der Waals surface area contributed by atoms with Gasteiger partial charge in [0.1, 0.15) is 12.7 Å². The van der Waals surface area contributed by atoms with Gasteiger partial charge in [-0.2, -0.15) is 0 Å². The lowest BCUT2D eigenvalue weighted by Crippen LogP contribution is -2.43. The minimum Gasteiger partial charge on any atom is -0.486 e. The van der Waals surface area contributed by atoms with Crippen molar-refractivity contribution in [3.05, 3.63) is 53.6 Å². The molecule has 2 aromatic carbocycles. The highest BCUT2D eigenvalue weighted by Gasteiger charge is 2.23. The Morgan fingerprint density at radius 3 is 2.73 bits per heavy atom. The van der Waals surface area contributed by atoms with Crippen molar-refractivity contribution >= 4 is 11.6 Å². The first-order chi connectivity index (χ1) is 12.5. The van der Waals surface area contributed by atoms with Crippen LogP contribution < -0.4 is 14.8 Å². The van der Waals surface area contributed by atoms with E-state index in [0.29, 0.717) is 19.7 Å². The van der Waals surface area contributed by atoms with Crippen molar-refractivity contribution < 1.29 is 14.3 Å². The summed E-state index contributed by atoms with van der Waals surface area (Å²) in [5, 5.41) is 3.02. The lowest BCUT2D eigenvalue weighted by atomic mass is 10.1. The van der Waals surface area contributed by atoms with E-state index < -0.39 is 0 Å². The smallest absolute Gasteiger partial charge is 0.238 e. The zero-order chi connectivity index (χ0) is 18.5. The van der Waals surface area contributed by atoms with Crippen molar-refractivity contribution in [2.45, 2.75) is 26.9 Å². The first-order valence-electron chi connectivity index (χ1n) is 9.03. The van der Waals surface area contributed by atoms with Gasteiger partial charge in [-0.15, -0.1) is 0 Å². The molecule has 1 amide bonds. The molecule has 0 bridgehead atoms. The second-order valence-electron chi connectivity index (χ2n) is 6.69. The van der Waals surface area contributed by atoms with Crippen LogP contribution in [0.1, 0.15) is 18.1 Å². The van der Waals surface area contributed by atoms with Gasteiger partial charge in [-0.05, 0) is 49.7 Å². The summed E-state index contributed by atoms with van der Waals surface area (Å²) in [5.41, 5.74) is 3.06. The highest BCUT2D eigenvalue weighted by molar-refractivity contribution is 5.93. The molecule has 0 unspecified atom stereocenters. The first-order valence-corrected chi connectivity index (χ1v) is 9.03. The number of nitrogens with one attached hydrogen (secondary N) is 1. The number of carbonyl (C=O) groups is 1. The van der Waals surface area contributed by atoms with Crippen LogP contribution in [0.15, 0.2) is 42.5 Å². The maximum Gasteiger partial charge on any atom is 0.238 e. The van der Waals surface area contributed by atoms with Crippen molar-refractivity contribution in [1.29, 1.82) is 0 Å².